The van der Waals surface area contributed by atoms with Gasteiger partial charge in [-0.25, -0.2) is 13.8 Å². The van der Waals surface area contributed by atoms with E-state index in [1.54, 1.807) is 12.1 Å². The van der Waals surface area contributed by atoms with Crippen molar-refractivity contribution in [3.8, 4) is 5.69 Å². The Bertz CT molecular complexity index is 1560. The number of rotatable bonds is 6. The lowest BCUT2D eigenvalue weighted by atomic mass is 10.2. The second kappa shape index (κ2) is 9.11. The fourth-order valence-electron chi connectivity index (χ4n) is 3.64. The van der Waals surface area contributed by atoms with Gasteiger partial charge in [-0.1, -0.05) is 42.1 Å². The molecule has 2 heterocycles. The van der Waals surface area contributed by atoms with Crippen molar-refractivity contribution in [1.82, 2.24) is 19.9 Å². The highest BCUT2D eigenvalue weighted by Crippen LogP contribution is 2.26. The first-order valence-electron chi connectivity index (χ1n) is 10.4. The summed E-state index contributed by atoms with van der Waals surface area (Å²) in [5.74, 6) is -1.04. The molecule has 2 N–H and O–H groups in total. The normalized spacial score (nSPS) is 11.2. The number of nitrogens with one attached hydrogen (secondary N) is 2. The zero-order valence-electron chi connectivity index (χ0n) is 17.7. The number of aromatic amines is 1. The second-order valence-corrected chi connectivity index (χ2v) is 8.54. The highest BCUT2D eigenvalue weighted by molar-refractivity contribution is 7.99. The van der Waals surface area contributed by atoms with Crippen LogP contribution in [-0.4, -0.2) is 26.2 Å². The molecule has 0 bridgehead atoms. The second-order valence-electron chi connectivity index (χ2n) is 7.60. The van der Waals surface area contributed by atoms with Crippen LogP contribution in [-0.2, 0) is 11.3 Å². The summed E-state index contributed by atoms with van der Waals surface area (Å²) < 4.78 is 27.9. The molecule has 1 amide bonds. The van der Waals surface area contributed by atoms with Crippen LogP contribution in [0.5, 0.6) is 0 Å². The van der Waals surface area contributed by atoms with Crippen molar-refractivity contribution in [2.75, 3.05) is 5.75 Å². The molecular weight excluding hydrogens is 458 g/mol. The topological polar surface area (TPSA) is 79.8 Å². The van der Waals surface area contributed by atoms with E-state index in [-0.39, 0.29) is 29.6 Å². The van der Waals surface area contributed by atoms with Crippen LogP contribution in [0.3, 0.4) is 0 Å². The van der Waals surface area contributed by atoms with Gasteiger partial charge in [0.05, 0.1) is 11.4 Å². The Morgan fingerprint density at radius 2 is 1.65 bits per heavy atom. The van der Waals surface area contributed by atoms with Crippen LogP contribution in [0.15, 0.2) is 82.7 Å². The molecule has 0 aliphatic rings. The Labute approximate surface area is 196 Å². The number of hydrogen-bond donors (Lipinski definition) is 2. The van der Waals surface area contributed by atoms with Crippen molar-refractivity contribution < 1.29 is 13.6 Å². The van der Waals surface area contributed by atoms with Crippen LogP contribution >= 0.6 is 11.8 Å². The van der Waals surface area contributed by atoms with Crippen LogP contribution in [0.1, 0.15) is 5.56 Å². The number of para-hydroxylation sites is 1. The third-order valence-corrected chi connectivity index (χ3v) is 6.25. The molecule has 6 nitrogen and oxygen atoms in total. The Balaban J connectivity index is 1.48. The van der Waals surface area contributed by atoms with Gasteiger partial charge in [0.1, 0.15) is 22.7 Å². The summed E-state index contributed by atoms with van der Waals surface area (Å²) in [5.41, 5.74) is 2.47. The van der Waals surface area contributed by atoms with Gasteiger partial charge >= 0.3 is 0 Å². The number of halogens is 2. The number of carbonyl (C=O) groups is 1. The van der Waals surface area contributed by atoms with Crippen LogP contribution in [0.25, 0.3) is 27.6 Å². The molecule has 0 atom stereocenters. The summed E-state index contributed by atoms with van der Waals surface area (Å²) in [6.07, 6.45) is 0. The van der Waals surface area contributed by atoms with E-state index in [4.69, 9.17) is 4.98 Å². The van der Waals surface area contributed by atoms with Gasteiger partial charge in [0.25, 0.3) is 5.56 Å². The van der Waals surface area contributed by atoms with E-state index in [9.17, 15) is 18.4 Å². The maximum absolute atomic E-state index is 13.5. The van der Waals surface area contributed by atoms with Gasteiger partial charge < -0.3 is 10.3 Å². The number of H-pyrrole nitrogens is 1. The highest BCUT2D eigenvalue weighted by atomic mass is 32.2. The van der Waals surface area contributed by atoms with E-state index in [2.05, 4.69) is 10.3 Å². The van der Waals surface area contributed by atoms with Gasteiger partial charge in [-0.15, -0.1) is 0 Å². The van der Waals surface area contributed by atoms with Crippen molar-refractivity contribution in [1.29, 1.82) is 0 Å². The van der Waals surface area contributed by atoms with Crippen LogP contribution in [0.4, 0.5) is 8.78 Å². The fourth-order valence-corrected chi connectivity index (χ4v) is 4.48. The predicted octanol–water partition coefficient (Wildman–Crippen LogP) is 4.55. The predicted molar refractivity (Wildman–Crippen MR) is 128 cm³/mol. The number of hydrogen-bond acceptors (Lipinski definition) is 4. The molecule has 170 valence electrons. The summed E-state index contributed by atoms with van der Waals surface area (Å²) in [4.78, 5) is 33.7. The molecule has 0 spiro atoms. The Morgan fingerprint density at radius 3 is 2.38 bits per heavy atom. The third-order valence-electron chi connectivity index (χ3n) is 5.31. The first kappa shape index (κ1) is 21.8. The van der Waals surface area contributed by atoms with Crippen molar-refractivity contribution in [2.24, 2.45) is 0 Å². The lowest BCUT2D eigenvalue weighted by Gasteiger charge is -2.12. The molecule has 0 saturated heterocycles. The molecule has 2 aromatic heterocycles. The summed E-state index contributed by atoms with van der Waals surface area (Å²) in [6.45, 7) is 0.249. The number of amides is 1. The molecule has 0 aliphatic heterocycles. The summed E-state index contributed by atoms with van der Waals surface area (Å²) in [6, 6.07) is 18.8. The van der Waals surface area contributed by atoms with E-state index in [0.29, 0.717) is 21.9 Å². The van der Waals surface area contributed by atoms with Gasteiger partial charge in [0.15, 0.2) is 5.16 Å². The van der Waals surface area contributed by atoms with Crippen LogP contribution < -0.4 is 10.9 Å². The number of benzene rings is 3. The van der Waals surface area contributed by atoms with E-state index in [1.807, 2.05) is 24.3 Å². The zero-order chi connectivity index (χ0) is 23.7. The van der Waals surface area contributed by atoms with Crippen molar-refractivity contribution in [2.45, 2.75) is 11.7 Å². The summed E-state index contributed by atoms with van der Waals surface area (Å²) >= 11 is 1.10. The molecule has 9 heteroatoms. The molecule has 5 rings (SSSR count). The SMILES string of the molecule is O=C(CSc1nc2c([nH]c3ccccc32)c(=O)n1-c1ccc(F)cc1)NCc1ccc(F)cc1. The number of fused-ring (bicyclic) bond motifs is 3. The van der Waals surface area contributed by atoms with Crippen molar-refractivity contribution >= 4 is 39.6 Å². The van der Waals surface area contributed by atoms with E-state index >= 15 is 0 Å². The third kappa shape index (κ3) is 4.29. The van der Waals surface area contributed by atoms with E-state index in [0.717, 1.165) is 28.2 Å². The maximum atomic E-state index is 13.5. The summed E-state index contributed by atoms with van der Waals surface area (Å²) in [7, 11) is 0. The minimum absolute atomic E-state index is 0.00267. The standard InChI is InChI=1S/C25H18F2N4O2S/c26-16-7-5-15(6-8-16)13-28-21(32)14-34-25-30-22-19-3-1-2-4-20(19)29-23(22)24(33)31(25)18-11-9-17(27)10-12-18/h1-12,29H,13-14H2,(H,28,32). The zero-order valence-corrected chi connectivity index (χ0v) is 18.5. The average Bonchev–Trinajstić information content (AvgIpc) is 3.22. The number of carbonyl (C=O) groups excluding carboxylic acids is 1. The molecular formula is C25H18F2N4O2S. The molecule has 34 heavy (non-hydrogen) atoms. The van der Waals surface area contributed by atoms with Gasteiger partial charge in [0.2, 0.25) is 5.91 Å². The lowest BCUT2D eigenvalue weighted by molar-refractivity contribution is -0.118. The first-order valence-corrected chi connectivity index (χ1v) is 11.4. The minimum atomic E-state index is -0.425. The molecule has 5 aromatic rings. The average molecular weight is 477 g/mol. The Hall–Kier alpha value is -3.98. The Kier molecular flexibility index (Phi) is 5.85. The fraction of sp³-hybridized carbons (Fsp3) is 0.0800. The van der Waals surface area contributed by atoms with Crippen molar-refractivity contribution in [3.63, 3.8) is 0 Å². The van der Waals surface area contributed by atoms with Gasteiger partial charge in [0, 0.05) is 17.4 Å². The number of aromatic nitrogens is 3. The Morgan fingerprint density at radius 1 is 0.971 bits per heavy atom. The molecule has 0 saturated carbocycles. The maximum Gasteiger partial charge on any atom is 0.283 e. The molecule has 0 unspecified atom stereocenters. The quantitative estimate of drug-likeness (QED) is 0.278. The molecule has 0 aliphatic carbocycles. The van der Waals surface area contributed by atoms with Crippen LogP contribution in [0.2, 0.25) is 0 Å². The van der Waals surface area contributed by atoms with Crippen molar-refractivity contribution in [3.05, 3.63) is 100 Å². The van der Waals surface area contributed by atoms with Gasteiger partial charge in [-0.3, -0.25) is 14.2 Å². The molecule has 0 radical (unpaired) electrons. The first-order chi connectivity index (χ1) is 16.5. The largest absolute Gasteiger partial charge is 0.351 e. The number of thioether (sulfide) groups is 1. The van der Waals surface area contributed by atoms with Gasteiger partial charge in [-0.2, -0.15) is 0 Å². The molecule has 3 aromatic carbocycles. The smallest absolute Gasteiger partial charge is 0.283 e. The van der Waals surface area contributed by atoms with Crippen LogP contribution in [0, 0.1) is 11.6 Å². The monoisotopic (exact) mass is 476 g/mol. The van der Waals surface area contributed by atoms with Gasteiger partial charge in [-0.05, 0) is 48.0 Å². The van der Waals surface area contributed by atoms with E-state index < -0.39 is 5.82 Å². The summed E-state index contributed by atoms with van der Waals surface area (Å²) in [5, 5.41) is 3.88. The number of nitrogens with zero attached hydrogens (tertiary/aromatic N) is 2. The lowest BCUT2D eigenvalue weighted by Crippen LogP contribution is -2.26. The minimum Gasteiger partial charge on any atom is -0.351 e. The highest BCUT2D eigenvalue weighted by Gasteiger charge is 2.18. The van der Waals surface area contributed by atoms with E-state index in [1.165, 1.54) is 41.0 Å². The molecule has 0 fully saturated rings.